The summed E-state index contributed by atoms with van der Waals surface area (Å²) < 4.78 is 12.0. The molecule has 3 heteroatoms. The standard InChI is InChI=1S/C7H17FN2/c1-7(9)5-3-4-6-10(2)8/h7H,3-6,9H2,1-2H3. The molecule has 0 aromatic carbocycles. The van der Waals surface area contributed by atoms with Crippen molar-refractivity contribution >= 4 is 0 Å². The van der Waals surface area contributed by atoms with Gasteiger partial charge in [0.1, 0.15) is 0 Å². The first-order chi connectivity index (χ1) is 4.63. The van der Waals surface area contributed by atoms with Gasteiger partial charge in [0, 0.05) is 19.6 Å². The van der Waals surface area contributed by atoms with Crippen molar-refractivity contribution in [2.24, 2.45) is 5.73 Å². The Balaban J connectivity index is 2.91. The van der Waals surface area contributed by atoms with Gasteiger partial charge in [0.05, 0.1) is 0 Å². The highest BCUT2D eigenvalue weighted by atomic mass is 19.2. The van der Waals surface area contributed by atoms with Crippen molar-refractivity contribution in [3.63, 3.8) is 0 Å². The Labute approximate surface area is 62.1 Å². The van der Waals surface area contributed by atoms with E-state index >= 15 is 0 Å². The smallest absolute Gasteiger partial charge is 0.0287 e. The van der Waals surface area contributed by atoms with Gasteiger partial charge in [-0.3, -0.25) is 0 Å². The molecule has 0 spiro atoms. The zero-order valence-electron chi connectivity index (χ0n) is 6.81. The molecule has 0 saturated heterocycles. The van der Waals surface area contributed by atoms with Crippen molar-refractivity contribution in [1.29, 1.82) is 0 Å². The van der Waals surface area contributed by atoms with E-state index in [1.807, 2.05) is 6.92 Å². The summed E-state index contributed by atoms with van der Waals surface area (Å²) in [4.78, 5) is 0. The van der Waals surface area contributed by atoms with Crippen molar-refractivity contribution in [1.82, 2.24) is 5.12 Å². The van der Waals surface area contributed by atoms with Gasteiger partial charge < -0.3 is 5.73 Å². The molecule has 10 heavy (non-hydrogen) atoms. The summed E-state index contributed by atoms with van der Waals surface area (Å²) in [6.45, 7) is 2.49. The molecule has 0 aromatic rings. The van der Waals surface area contributed by atoms with E-state index in [-0.39, 0.29) is 6.04 Å². The van der Waals surface area contributed by atoms with Crippen molar-refractivity contribution in [2.75, 3.05) is 13.6 Å². The van der Waals surface area contributed by atoms with Gasteiger partial charge in [0.2, 0.25) is 0 Å². The normalized spacial score (nSPS) is 14.1. The number of unbranched alkanes of at least 4 members (excludes halogenated alkanes) is 1. The molecule has 2 nitrogen and oxygen atoms in total. The summed E-state index contributed by atoms with van der Waals surface area (Å²) in [5, 5.41) is 0.710. The second-order valence-corrected chi connectivity index (χ2v) is 2.80. The highest BCUT2D eigenvalue weighted by molar-refractivity contribution is 4.53. The molecular formula is C7H17FN2. The predicted molar refractivity (Wildman–Crippen MR) is 41.2 cm³/mol. The lowest BCUT2D eigenvalue weighted by molar-refractivity contribution is 0.0579. The lowest BCUT2D eigenvalue weighted by Gasteiger charge is -2.06. The molecule has 0 fully saturated rings. The molecule has 0 aliphatic rings. The van der Waals surface area contributed by atoms with Crippen LogP contribution >= 0.6 is 0 Å². The van der Waals surface area contributed by atoms with Crippen LogP contribution in [0.3, 0.4) is 0 Å². The fourth-order valence-electron chi connectivity index (χ4n) is 0.796. The first-order valence-electron chi connectivity index (χ1n) is 3.75. The van der Waals surface area contributed by atoms with Crippen LogP contribution < -0.4 is 5.73 Å². The largest absolute Gasteiger partial charge is 0.328 e. The maximum absolute atomic E-state index is 12.0. The number of hydrogen-bond acceptors (Lipinski definition) is 2. The Bertz CT molecular complexity index is 64.0. The SMILES string of the molecule is CC(N)CCCCN(C)F. The molecule has 0 radical (unpaired) electrons. The van der Waals surface area contributed by atoms with Crippen LogP contribution in [0.25, 0.3) is 0 Å². The molecule has 0 rings (SSSR count). The van der Waals surface area contributed by atoms with Gasteiger partial charge in [-0.15, -0.1) is 9.60 Å². The van der Waals surface area contributed by atoms with Crippen molar-refractivity contribution in [2.45, 2.75) is 32.2 Å². The first kappa shape index (κ1) is 9.85. The molecule has 0 saturated carbocycles. The zero-order valence-corrected chi connectivity index (χ0v) is 6.81. The fourth-order valence-corrected chi connectivity index (χ4v) is 0.796. The van der Waals surface area contributed by atoms with Gasteiger partial charge >= 0.3 is 0 Å². The third-order valence-corrected chi connectivity index (χ3v) is 1.38. The summed E-state index contributed by atoms with van der Waals surface area (Å²) in [6.07, 6.45) is 2.91. The Morgan fingerprint density at radius 3 is 2.50 bits per heavy atom. The van der Waals surface area contributed by atoms with Gasteiger partial charge in [-0.05, 0) is 19.8 Å². The number of nitrogens with zero attached hydrogens (tertiary/aromatic N) is 1. The van der Waals surface area contributed by atoms with Crippen LogP contribution in [0.2, 0.25) is 0 Å². The third-order valence-electron chi connectivity index (χ3n) is 1.38. The van der Waals surface area contributed by atoms with Crippen LogP contribution in [-0.4, -0.2) is 24.8 Å². The number of halogens is 1. The summed E-state index contributed by atoms with van der Waals surface area (Å²) in [5.41, 5.74) is 5.50. The molecule has 0 amide bonds. The third kappa shape index (κ3) is 7.85. The summed E-state index contributed by atoms with van der Waals surface area (Å²) in [7, 11) is 1.44. The van der Waals surface area contributed by atoms with Crippen LogP contribution in [-0.2, 0) is 0 Å². The van der Waals surface area contributed by atoms with E-state index in [1.54, 1.807) is 0 Å². The van der Waals surface area contributed by atoms with Crippen LogP contribution in [0.15, 0.2) is 0 Å². The number of nitrogens with two attached hydrogens (primary N) is 1. The lowest BCUT2D eigenvalue weighted by atomic mass is 10.1. The molecular weight excluding hydrogens is 131 g/mol. The topological polar surface area (TPSA) is 29.3 Å². The van der Waals surface area contributed by atoms with E-state index in [4.69, 9.17) is 5.73 Å². The molecule has 1 unspecified atom stereocenters. The van der Waals surface area contributed by atoms with Crippen molar-refractivity contribution < 1.29 is 4.48 Å². The van der Waals surface area contributed by atoms with E-state index in [9.17, 15) is 4.48 Å². The van der Waals surface area contributed by atoms with E-state index in [0.717, 1.165) is 19.3 Å². The molecule has 2 N–H and O–H groups in total. The molecule has 1 atom stereocenters. The Hall–Kier alpha value is -0.150. The minimum Gasteiger partial charge on any atom is -0.328 e. The average molecular weight is 148 g/mol. The molecule has 0 heterocycles. The monoisotopic (exact) mass is 148 g/mol. The molecule has 0 bridgehead atoms. The van der Waals surface area contributed by atoms with Gasteiger partial charge in [-0.2, -0.15) is 0 Å². The van der Waals surface area contributed by atoms with Gasteiger partial charge in [-0.25, -0.2) is 0 Å². The van der Waals surface area contributed by atoms with Gasteiger partial charge in [0.25, 0.3) is 0 Å². The second kappa shape index (κ2) is 5.62. The van der Waals surface area contributed by atoms with E-state index in [0.29, 0.717) is 11.7 Å². The van der Waals surface area contributed by atoms with Crippen LogP contribution in [0.1, 0.15) is 26.2 Å². The second-order valence-electron chi connectivity index (χ2n) is 2.80. The highest BCUT2D eigenvalue weighted by Gasteiger charge is 1.96. The molecule has 0 aliphatic carbocycles. The summed E-state index contributed by atoms with van der Waals surface area (Å²) >= 11 is 0. The minimum absolute atomic E-state index is 0.255. The van der Waals surface area contributed by atoms with Crippen LogP contribution in [0.4, 0.5) is 4.48 Å². The Morgan fingerprint density at radius 2 is 2.10 bits per heavy atom. The first-order valence-corrected chi connectivity index (χ1v) is 3.75. The number of hydrogen-bond donors (Lipinski definition) is 1. The van der Waals surface area contributed by atoms with Crippen molar-refractivity contribution in [3.05, 3.63) is 0 Å². The van der Waals surface area contributed by atoms with E-state index < -0.39 is 0 Å². The maximum Gasteiger partial charge on any atom is 0.0287 e. The van der Waals surface area contributed by atoms with Crippen LogP contribution in [0, 0.1) is 0 Å². The average Bonchev–Trinajstić information content (AvgIpc) is 1.79. The minimum atomic E-state index is 0.255. The van der Waals surface area contributed by atoms with Gasteiger partial charge in [0.15, 0.2) is 0 Å². The Morgan fingerprint density at radius 1 is 1.50 bits per heavy atom. The summed E-state index contributed by atoms with van der Waals surface area (Å²) in [6, 6.07) is 0.255. The van der Waals surface area contributed by atoms with E-state index in [2.05, 4.69) is 0 Å². The zero-order chi connectivity index (χ0) is 7.98. The fraction of sp³-hybridized carbons (Fsp3) is 1.00. The number of rotatable bonds is 5. The molecule has 0 aliphatic heterocycles. The Kier molecular flexibility index (Phi) is 5.54. The molecule has 0 aromatic heterocycles. The van der Waals surface area contributed by atoms with Crippen LogP contribution in [0.5, 0.6) is 0 Å². The van der Waals surface area contributed by atoms with Gasteiger partial charge in [-0.1, -0.05) is 6.42 Å². The predicted octanol–water partition coefficient (Wildman–Crippen LogP) is 1.32. The summed E-state index contributed by atoms with van der Waals surface area (Å²) in [5.74, 6) is 0. The quantitative estimate of drug-likeness (QED) is 0.470. The van der Waals surface area contributed by atoms with Crippen molar-refractivity contribution in [3.8, 4) is 0 Å². The highest BCUT2D eigenvalue weighted by Crippen LogP contribution is 1.99. The van der Waals surface area contributed by atoms with E-state index in [1.165, 1.54) is 7.05 Å². The molecule has 62 valence electrons. The maximum atomic E-state index is 12.0. The lowest BCUT2D eigenvalue weighted by Crippen LogP contribution is -2.15.